The Morgan fingerprint density at radius 2 is 1.03 bits per heavy atom. The quantitative estimate of drug-likeness (QED) is 0.324. The zero-order valence-corrected chi connectivity index (χ0v) is 19.4. The van der Waals surface area contributed by atoms with Crippen LogP contribution < -0.4 is 9.13 Å². The van der Waals surface area contributed by atoms with E-state index in [1.165, 1.54) is 33.2 Å². The Balaban J connectivity index is 1.47. The van der Waals surface area contributed by atoms with Crippen LogP contribution in [0.1, 0.15) is 50.9 Å². The number of hydrogen-bond donors (Lipinski definition) is 0. The Hall–Kier alpha value is -3.40. The van der Waals surface area contributed by atoms with Gasteiger partial charge in [0.1, 0.15) is 13.1 Å². The first kappa shape index (κ1) is 20.5. The molecule has 162 valence electrons. The highest BCUT2D eigenvalue weighted by Crippen LogP contribution is 2.18. The molecule has 4 nitrogen and oxygen atoms in total. The van der Waals surface area contributed by atoms with Crippen LogP contribution in [0.2, 0.25) is 0 Å². The largest absolute Gasteiger partial charge is 0.245 e. The van der Waals surface area contributed by atoms with E-state index < -0.39 is 0 Å². The predicted molar refractivity (Wildman–Crippen MR) is 130 cm³/mol. The summed E-state index contributed by atoms with van der Waals surface area (Å²) in [6.07, 6.45) is 4.51. The normalized spacial score (nSPS) is 11.9. The lowest BCUT2D eigenvalue weighted by Gasteiger charge is -2.04. The smallest absolute Gasteiger partial charge is 0.228 e. The topological polar surface area (TPSA) is 17.6 Å². The van der Waals surface area contributed by atoms with Gasteiger partial charge >= 0.3 is 0 Å². The molecule has 4 heteroatoms. The molecule has 32 heavy (non-hydrogen) atoms. The molecule has 0 aliphatic carbocycles. The van der Waals surface area contributed by atoms with Crippen LogP contribution >= 0.6 is 0 Å². The fourth-order valence-corrected chi connectivity index (χ4v) is 4.69. The third-order valence-corrected chi connectivity index (χ3v) is 6.28. The number of hydrogen-bond acceptors (Lipinski definition) is 0. The zero-order valence-electron chi connectivity index (χ0n) is 19.4. The summed E-state index contributed by atoms with van der Waals surface area (Å²) in [5, 5.41) is 0. The molecule has 5 aromatic rings. The Morgan fingerprint density at radius 3 is 1.47 bits per heavy atom. The maximum atomic E-state index is 2.37. The SMILES string of the molecule is CC(C)n1c[n+](Cc2cccc(C[n+]3cn(C(C)C)c4ccccc43)c2)c2ccccc21. The molecule has 0 fully saturated rings. The average Bonchev–Trinajstić information content (AvgIpc) is 3.34. The van der Waals surface area contributed by atoms with Crippen molar-refractivity contribution in [1.29, 1.82) is 0 Å². The molecule has 0 aliphatic rings. The van der Waals surface area contributed by atoms with Crippen molar-refractivity contribution in [1.82, 2.24) is 9.13 Å². The molecule has 0 saturated heterocycles. The number of rotatable bonds is 6. The van der Waals surface area contributed by atoms with Crippen LogP contribution in [0.25, 0.3) is 22.1 Å². The maximum absolute atomic E-state index is 2.37. The molecule has 0 radical (unpaired) electrons. The van der Waals surface area contributed by atoms with Crippen LogP contribution in [-0.2, 0) is 13.1 Å². The van der Waals surface area contributed by atoms with Crippen molar-refractivity contribution in [2.45, 2.75) is 52.9 Å². The fraction of sp³-hybridized carbons (Fsp3) is 0.286. The van der Waals surface area contributed by atoms with E-state index in [0.29, 0.717) is 12.1 Å². The monoisotopic (exact) mass is 424 g/mol. The molecule has 0 aliphatic heterocycles. The van der Waals surface area contributed by atoms with E-state index in [1.54, 1.807) is 0 Å². The molecule has 2 heterocycles. The van der Waals surface area contributed by atoms with Crippen LogP contribution in [0.4, 0.5) is 0 Å². The van der Waals surface area contributed by atoms with Crippen molar-refractivity contribution >= 4 is 22.1 Å². The molecule has 0 amide bonds. The predicted octanol–water partition coefficient (Wildman–Crippen LogP) is 5.43. The summed E-state index contributed by atoms with van der Waals surface area (Å²) in [6.45, 7) is 10.7. The molecule has 0 saturated carbocycles. The highest BCUT2D eigenvalue weighted by atomic mass is 15.2. The summed E-state index contributed by atoms with van der Waals surface area (Å²) in [6, 6.07) is 27.2. The minimum absolute atomic E-state index is 0.433. The van der Waals surface area contributed by atoms with Gasteiger partial charge in [0.2, 0.25) is 12.7 Å². The second kappa shape index (κ2) is 8.27. The first-order valence-corrected chi connectivity index (χ1v) is 11.6. The van der Waals surface area contributed by atoms with Gasteiger partial charge in [-0.1, -0.05) is 42.5 Å². The third-order valence-electron chi connectivity index (χ3n) is 6.28. The third kappa shape index (κ3) is 3.70. The van der Waals surface area contributed by atoms with Crippen molar-refractivity contribution in [3.8, 4) is 0 Å². The zero-order chi connectivity index (χ0) is 22.2. The first-order valence-electron chi connectivity index (χ1n) is 11.6. The number of fused-ring (bicyclic) bond motifs is 2. The van der Waals surface area contributed by atoms with Crippen LogP contribution in [0.15, 0.2) is 85.5 Å². The van der Waals surface area contributed by atoms with E-state index >= 15 is 0 Å². The minimum Gasteiger partial charge on any atom is -0.228 e. The molecular weight excluding hydrogens is 392 g/mol. The van der Waals surface area contributed by atoms with Crippen molar-refractivity contribution in [2.75, 3.05) is 0 Å². The summed E-state index contributed by atoms with van der Waals surface area (Å²) in [4.78, 5) is 0. The standard InChI is InChI=1S/C28H32N4/c1-21(2)31-19-29(25-12-5-7-14-27(25)31)17-23-10-9-11-24(16-23)18-30-20-32(22(3)4)28-15-8-6-13-26(28)30/h5-16,19-22H,17-18H2,1-4H3/q+2. The van der Waals surface area contributed by atoms with Crippen molar-refractivity contribution in [2.24, 2.45) is 0 Å². The number of para-hydroxylation sites is 4. The summed E-state index contributed by atoms with van der Waals surface area (Å²) >= 11 is 0. The lowest BCUT2D eigenvalue weighted by molar-refractivity contribution is -0.664. The summed E-state index contributed by atoms with van der Waals surface area (Å²) in [5.41, 5.74) is 7.79. The summed E-state index contributed by atoms with van der Waals surface area (Å²) < 4.78 is 9.45. The Kier molecular flexibility index (Phi) is 5.30. The maximum Gasteiger partial charge on any atom is 0.245 e. The molecule has 2 aromatic heterocycles. The highest BCUT2D eigenvalue weighted by molar-refractivity contribution is 5.72. The van der Waals surface area contributed by atoms with Gasteiger partial charge in [-0.15, -0.1) is 0 Å². The molecule has 0 bridgehead atoms. The van der Waals surface area contributed by atoms with Gasteiger partial charge in [0.25, 0.3) is 0 Å². The van der Waals surface area contributed by atoms with Gasteiger partial charge in [-0.2, -0.15) is 0 Å². The van der Waals surface area contributed by atoms with E-state index in [0.717, 1.165) is 13.1 Å². The van der Waals surface area contributed by atoms with Gasteiger partial charge in [0.05, 0.1) is 12.1 Å². The number of benzene rings is 3. The van der Waals surface area contributed by atoms with Crippen LogP contribution in [0, 0.1) is 0 Å². The number of aromatic nitrogens is 4. The molecular formula is C28H32N4+2. The van der Waals surface area contributed by atoms with Gasteiger partial charge in [0, 0.05) is 0 Å². The molecule has 0 unspecified atom stereocenters. The van der Waals surface area contributed by atoms with Gasteiger partial charge in [0.15, 0.2) is 22.1 Å². The Bertz CT molecular complexity index is 1280. The van der Waals surface area contributed by atoms with Crippen LogP contribution in [0.5, 0.6) is 0 Å². The number of imidazole rings is 2. The average molecular weight is 425 g/mol. The lowest BCUT2D eigenvalue weighted by Crippen LogP contribution is -2.34. The van der Waals surface area contributed by atoms with Gasteiger partial charge < -0.3 is 0 Å². The van der Waals surface area contributed by atoms with E-state index in [9.17, 15) is 0 Å². The van der Waals surface area contributed by atoms with E-state index in [2.05, 4.69) is 131 Å². The Morgan fingerprint density at radius 1 is 0.594 bits per heavy atom. The van der Waals surface area contributed by atoms with Crippen LogP contribution in [0.3, 0.4) is 0 Å². The van der Waals surface area contributed by atoms with Gasteiger partial charge in [-0.3, -0.25) is 0 Å². The number of nitrogens with zero attached hydrogens (tertiary/aromatic N) is 4. The summed E-state index contributed by atoms with van der Waals surface area (Å²) in [7, 11) is 0. The second-order valence-electron chi connectivity index (χ2n) is 9.29. The van der Waals surface area contributed by atoms with Crippen molar-refractivity contribution in [3.05, 3.63) is 96.6 Å². The molecule has 3 aromatic carbocycles. The fourth-order valence-electron chi connectivity index (χ4n) is 4.69. The van der Waals surface area contributed by atoms with E-state index in [-0.39, 0.29) is 0 Å². The Labute approximate surface area is 190 Å². The van der Waals surface area contributed by atoms with Gasteiger partial charge in [-0.25, -0.2) is 18.3 Å². The van der Waals surface area contributed by atoms with Crippen LogP contribution in [-0.4, -0.2) is 9.13 Å². The molecule has 0 atom stereocenters. The minimum atomic E-state index is 0.433. The molecule has 5 rings (SSSR count). The second-order valence-corrected chi connectivity index (χ2v) is 9.29. The van der Waals surface area contributed by atoms with Crippen molar-refractivity contribution in [3.63, 3.8) is 0 Å². The molecule has 0 spiro atoms. The highest BCUT2D eigenvalue weighted by Gasteiger charge is 2.19. The van der Waals surface area contributed by atoms with Crippen molar-refractivity contribution < 1.29 is 9.13 Å². The lowest BCUT2D eigenvalue weighted by atomic mass is 10.1. The summed E-state index contributed by atoms with van der Waals surface area (Å²) in [5.74, 6) is 0. The van der Waals surface area contributed by atoms with E-state index in [1.807, 2.05) is 0 Å². The van der Waals surface area contributed by atoms with Gasteiger partial charge in [-0.05, 0) is 69.2 Å². The van der Waals surface area contributed by atoms with E-state index in [4.69, 9.17) is 0 Å². The first-order chi connectivity index (χ1) is 15.5. The molecule has 0 N–H and O–H groups in total.